The summed E-state index contributed by atoms with van der Waals surface area (Å²) in [7, 11) is 0. The molecule has 0 amide bonds. The Morgan fingerprint density at radius 2 is 1.92 bits per heavy atom. The first kappa shape index (κ1) is 18.6. The molecule has 1 aliphatic heterocycles. The fourth-order valence-corrected chi connectivity index (χ4v) is 3.47. The minimum atomic E-state index is -1.01. The molecule has 0 spiro atoms. The Bertz CT molecular complexity index is 801. The van der Waals surface area contributed by atoms with Crippen molar-refractivity contribution >= 4 is 27.9 Å². The van der Waals surface area contributed by atoms with Crippen LogP contribution in [0, 0.1) is 11.8 Å². The van der Waals surface area contributed by atoms with Crippen molar-refractivity contribution in [1.82, 2.24) is 0 Å². The van der Waals surface area contributed by atoms with Crippen LogP contribution < -0.4 is 4.74 Å². The molecule has 0 aromatic heterocycles. The summed E-state index contributed by atoms with van der Waals surface area (Å²) in [6.07, 6.45) is 0.756. The van der Waals surface area contributed by atoms with Crippen LogP contribution in [0.4, 0.5) is 0 Å². The molecule has 0 unspecified atom stereocenters. The fourth-order valence-electron chi connectivity index (χ4n) is 3.09. The van der Waals surface area contributed by atoms with Crippen molar-refractivity contribution in [2.24, 2.45) is 11.8 Å². The van der Waals surface area contributed by atoms with Crippen molar-refractivity contribution in [2.75, 3.05) is 6.61 Å². The molecule has 0 saturated heterocycles. The molecule has 5 heteroatoms. The van der Waals surface area contributed by atoms with Crippen LogP contribution in [0.5, 0.6) is 5.75 Å². The topological polar surface area (TPSA) is 52.6 Å². The van der Waals surface area contributed by atoms with E-state index in [0.29, 0.717) is 18.3 Å². The highest BCUT2D eigenvalue weighted by molar-refractivity contribution is 9.10. The smallest absolute Gasteiger partial charge is 0.326 e. The predicted molar refractivity (Wildman–Crippen MR) is 102 cm³/mol. The zero-order valence-electron chi connectivity index (χ0n) is 14.8. The zero-order valence-corrected chi connectivity index (χ0v) is 16.4. The normalized spacial score (nSPS) is 19.0. The number of esters is 2. The first-order valence-electron chi connectivity index (χ1n) is 8.70. The predicted octanol–water partition coefficient (Wildman–Crippen LogP) is 4.71. The Morgan fingerprint density at radius 3 is 2.62 bits per heavy atom. The maximum Gasteiger partial charge on any atom is 0.326 e. The molecule has 26 heavy (non-hydrogen) atoms. The monoisotopic (exact) mass is 416 g/mol. The SMILES string of the molecule is CC(C)CCOC(=O)[C@H]1C(=O)Oc2ccc(Br)cc2[C@@H]1c1ccccc1. The van der Waals surface area contributed by atoms with Gasteiger partial charge in [0.2, 0.25) is 0 Å². The molecule has 4 nitrogen and oxygen atoms in total. The molecule has 0 fully saturated rings. The van der Waals surface area contributed by atoms with Gasteiger partial charge in [0.05, 0.1) is 6.61 Å². The Hall–Kier alpha value is -2.14. The number of ether oxygens (including phenoxy) is 2. The number of carbonyl (C=O) groups is 2. The van der Waals surface area contributed by atoms with Crippen molar-refractivity contribution in [3.05, 3.63) is 64.1 Å². The first-order chi connectivity index (χ1) is 12.5. The van der Waals surface area contributed by atoms with Crippen molar-refractivity contribution in [3.8, 4) is 5.75 Å². The van der Waals surface area contributed by atoms with Gasteiger partial charge < -0.3 is 9.47 Å². The highest BCUT2D eigenvalue weighted by Gasteiger charge is 2.44. The van der Waals surface area contributed by atoms with E-state index in [1.807, 2.05) is 42.5 Å². The van der Waals surface area contributed by atoms with E-state index in [0.717, 1.165) is 22.0 Å². The van der Waals surface area contributed by atoms with E-state index in [1.54, 1.807) is 6.07 Å². The highest BCUT2D eigenvalue weighted by Crippen LogP contribution is 2.43. The number of halogens is 1. The standard InChI is InChI=1S/C21H21BrO4/c1-13(2)10-11-25-20(23)19-18(14-6-4-3-5-7-14)16-12-15(22)8-9-17(16)26-21(19)24/h3-9,12-13,18-19H,10-11H2,1-2H3/t18-,19-/m0/s1. The van der Waals surface area contributed by atoms with E-state index < -0.39 is 23.8 Å². The lowest BCUT2D eigenvalue weighted by molar-refractivity contribution is -0.159. The molecule has 1 heterocycles. The van der Waals surface area contributed by atoms with Gasteiger partial charge in [-0.15, -0.1) is 0 Å². The average Bonchev–Trinajstić information content (AvgIpc) is 2.61. The number of hydrogen-bond donors (Lipinski definition) is 0. The first-order valence-corrected chi connectivity index (χ1v) is 9.49. The van der Waals surface area contributed by atoms with Gasteiger partial charge in [0.1, 0.15) is 5.75 Å². The number of benzene rings is 2. The summed E-state index contributed by atoms with van der Waals surface area (Å²) < 4.78 is 11.7. The number of carbonyl (C=O) groups excluding carboxylic acids is 2. The minimum Gasteiger partial charge on any atom is -0.465 e. The quantitative estimate of drug-likeness (QED) is 0.402. The summed E-state index contributed by atoms with van der Waals surface area (Å²) >= 11 is 3.46. The van der Waals surface area contributed by atoms with Gasteiger partial charge >= 0.3 is 11.9 Å². The van der Waals surface area contributed by atoms with Gasteiger partial charge in [0.15, 0.2) is 5.92 Å². The molecular formula is C21H21BrO4. The van der Waals surface area contributed by atoms with Crippen LogP contribution in [0.3, 0.4) is 0 Å². The Labute approximate surface area is 161 Å². The second-order valence-electron chi connectivity index (χ2n) is 6.82. The number of rotatable bonds is 5. The van der Waals surface area contributed by atoms with Crippen LogP contribution in [0.25, 0.3) is 0 Å². The lowest BCUT2D eigenvalue weighted by Crippen LogP contribution is -2.39. The van der Waals surface area contributed by atoms with Gasteiger partial charge in [-0.05, 0) is 36.1 Å². The van der Waals surface area contributed by atoms with Gasteiger partial charge in [0, 0.05) is 16.0 Å². The molecule has 0 saturated carbocycles. The largest absolute Gasteiger partial charge is 0.465 e. The van der Waals surface area contributed by atoms with Gasteiger partial charge in [-0.25, -0.2) is 0 Å². The van der Waals surface area contributed by atoms with Crippen LogP contribution in [0.15, 0.2) is 53.0 Å². The molecule has 0 aliphatic carbocycles. The summed E-state index contributed by atoms with van der Waals surface area (Å²) in [5.74, 6) is -1.64. The van der Waals surface area contributed by atoms with Gasteiger partial charge in [-0.3, -0.25) is 9.59 Å². The van der Waals surface area contributed by atoms with E-state index in [2.05, 4.69) is 29.8 Å². The average molecular weight is 417 g/mol. The summed E-state index contributed by atoms with van der Waals surface area (Å²) in [6, 6.07) is 15.0. The van der Waals surface area contributed by atoms with E-state index in [9.17, 15) is 9.59 Å². The van der Waals surface area contributed by atoms with E-state index >= 15 is 0 Å². The Kier molecular flexibility index (Phi) is 5.77. The van der Waals surface area contributed by atoms with E-state index in [4.69, 9.17) is 9.47 Å². The van der Waals surface area contributed by atoms with Gasteiger partial charge in [0.25, 0.3) is 0 Å². The Balaban J connectivity index is 1.98. The van der Waals surface area contributed by atoms with E-state index in [1.165, 1.54) is 0 Å². The van der Waals surface area contributed by atoms with Crippen LogP contribution >= 0.6 is 15.9 Å². The summed E-state index contributed by atoms with van der Waals surface area (Å²) in [5, 5.41) is 0. The molecule has 2 atom stereocenters. The third-order valence-electron chi connectivity index (χ3n) is 4.46. The second-order valence-corrected chi connectivity index (χ2v) is 7.73. The maximum atomic E-state index is 12.7. The third kappa shape index (κ3) is 3.98. The van der Waals surface area contributed by atoms with Gasteiger partial charge in [-0.2, -0.15) is 0 Å². The molecule has 0 N–H and O–H groups in total. The summed E-state index contributed by atoms with van der Waals surface area (Å²) in [4.78, 5) is 25.4. The third-order valence-corrected chi connectivity index (χ3v) is 4.95. The van der Waals surface area contributed by atoms with E-state index in [-0.39, 0.29) is 0 Å². The molecule has 2 aromatic carbocycles. The number of fused-ring (bicyclic) bond motifs is 1. The van der Waals surface area contributed by atoms with Crippen LogP contribution in [0.2, 0.25) is 0 Å². The van der Waals surface area contributed by atoms with Gasteiger partial charge in [-0.1, -0.05) is 60.1 Å². The maximum absolute atomic E-state index is 12.7. The fraction of sp³-hybridized carbons (Fsp3) is 0.333. The Morgan fingerprint density at radius 1 is 1.19 bits per heavy atom. The molecule has 136 valence electrons. The van der Waals surface area contributed by atoms with Crippen molar-refractivity contribution in [1.29, 1.82) is 0 Å². The zero-order chi connectivity index (χ0) is 18.7. The molecule has 0 radical (unpaired) electrons. The second kappa shape index (κ2) is 8.04. The molecule has 0 bridgehead atoms. The van der Waals surface area contributed by atoms with Crippen LogP contribution in [-0.4, -0.2) is 18.5 Å². The van der Waals surface area contributed by atoms with Crippen molar-refractivity contribution < 1.29 is 19.1 Å². The van der Waals surface area contributed by atoms with Crippen LogP contribution in [0.1, 0.15) is 37.3 Å². The lowest BCUT2D eigenvalue weighted by atomic mass is 9.78. The molecule has 3 rings (SSSR count). The van der Waals surface area contributed by atoms with Crippen molar-refractivity contribution in [2.45, 2.75) is 26.2 Å². The summed E-state index contributed by atoms with van der Waals surface area (Å²) in [5.41, 5.74) is 1.69. The van der Waals surface area contributed by atoms with Crippen molar-refractivity contribution in [3.63, 3.8) is 0 Å². The minimum absolute atomic E-state index is 0.299. The molecular weight excluding hydrogens is 396 g/mol. The summed E-state index contributed by atoms with van der Waals surface area (Å²) in [6.45, 7) is 4.42. The lowest BCUT2D eigenvalue weighted by Gasteiger charge is -2.31. The van der Waals surface area contributed by atoms with Crippen LogP contribution in [-0.2, 0) is 14.3 Å². The molecule has 2 aromatic rings. The highest BCUT2D eigenvalue weighted by atomic mass is 79.9. The number of hydrogen-bond acceptors (Lipinski definition) is 4. The molecule has 1 aliphatic rings.